The summed E-state index contributed by atoms with van der Waals surface area (Å²) in [6, 6.07) is 10.5. The maximum atomic E-state index is 12.3. The monoisotopic (exact) mass is 384 g/mol. The van der Waals surface area contributed by atoms with Gasteiger partial charge in [-0.15, -0.1) is 0 Å². The fourth-order valence-corrected chi connectivity index (χ4v) is 3.67. The van der Waals surface area contributed by atoms with Gasteiger partial charge in [-0.25, -0.2) is 26.3 Å². The average Bonchev–Trinajstić information content (AvgIpc) is 2.61. The first-order valence-corrected chi connectivity index (χ1v) is 9.91. The first-order valence-electron chi connectivity index (χ1n) is 6.94. The minimum Gasteiger partial charge on any atom is -0.497 e. The molecule has 2 N–H and O–H groups in total. The molecule has 10 heteroatoms. The first kappa shape index (κ1) is 18.9. The minimum absolute atomic E-state index is 0.103. The summed E-state index contributed by atoms with van der Waals surface area (Å²) in [6.07, 6.45) is 0. The van der Waals surface area contributed by atoms with Crippen LogP contribution in [-0.2, 0) is 20.0 Å². The van der Waals surface area contributed by atoms with Crippen molar-refractivity contribution in [3.05, 3.63) is 54.1 Å². The van der Waals surface area contributed by atoms with Crippen LogP contribution in [0.1, 0.15) is 10.4 Å². The Kier molecular flexibility index (Phi) is 5.45. The van der Waals surface area contributed by atoms with Crippen molar-refractivity contribution in [1.29, 1.82) is 0 Å². The lowest BCUT2D eigenvalue weighted by atomic mass is 10.2. The molecule has 25 heavy (non-hydrogen) atoms. The lowest BCUT2D eigenvalue weighted by Crippen LogP contribution is -2.30. The van der Waals surface area contributed by atoms with Gasteiger partial charge in [0.25, 0.3) is 15.9 Å². The van der Waals surface area contributed by atoms with Crippen molar-refractivity contribution in [3.8, 4) is 5.75 Å². The van der Waals surface area contributed by atoms with Gasteiger partial charge < -0.3 is 4.74 Å². The normalized spacial score (nSPS) is 11.8. The van der Waals surface area contributed by atoms with Crippen LogP contribution in [0.3, 0.4) is 0 Å². The van der Waals surface area contributed by atoms with Crippen molar-refractivity contribution >= 4 is 26.0 Å². The molecule has 0 bridgehead atoms. The molecule has 0 fully saturated rings. The van der Waals surface area contributed by atoms with E-state index in [0.29, 0.717) is 5.75 Å². The van der Waals surface area contributed by atoms with Gasteiger partial charge in [-0.2, -0.15) is 0 Å². The predicted octanol–water partition coefficient (Wildman–Crippen LogP) is 0.722. The quantitative estimate of drug-likeness (QED) is 0.758. The molecule has 0 unspecified atom stereocenters. The number of methoxy groups -OCH3 is 1. The van der Waals surface area contributed by atoms with Gasteiger partial charge >= 0.3 is 0 Å². The van der Waals surface area contributed by atoms with Crippen LogP contribution in [-0.4, -0.2) is 36.9 Å². The number of carbonyl (C=O) groups is 1. The van der Waals surface area contributed by atoms with Gasteiger partial charge in [0.1, 0.15) is 5.75 Å². The van der Waals surface area contributed by atoms with E-state index >= 15 is 0 Å². The number of hydrogen-bond acceptors (Lipinski definition) is 6. The number of sulfonamides is 2. The van der Waals surface area contributed by atoms with Crippen LogP contribution in [0.25, 0.3) is 0 Å². The molecule has 2 aromatic carbocycles. The summed E-state index contributed by atoms with van der Waals surface area (Å²) in [5, 5.41) is 0. The number of hydrogen-bond donors (Lipinski definition) is 2. The van der Waals surface area contributed by atoms with Crippen LogP contribution in [0.2, 0.25) is 0 Å². The Labute approximate surface area is 145 Å². The van der Waals surface area contributed by atoms with Gasteiger partial charge in [-0.3, -0.25) is 4.79 Å². The molecule has 0 aliphatic heterocycles. The molecule has 0 saturated heterocycles. The van der Waals surface area contributed by atoms with E-state index in [1.807, 2.05) is 4.72 Å². The molecule has 0 radical (unpaired) electrons. The van der Waals surface area contributed by atoms with Gasteiger partial charge in [0.15, 0.2) is 0 Å². The van der Waals surface area contributed by atoms with Crippen LogP contribution in [0, 0.1) is 0 Å². The molecule has 2 rings (SSSR count). The van der Waals surface area contributed by atoms with Crippen molar-refractivity contribution in [3.63, 3.8) is 0 Å². The second-order valence-electron chi connectivity index (χ2n) is 4.85. The Morgan fingerprint density at radius 3 is 2.12 bits per heavy atom. The third-order valence-electron chi connectivity index (χ3n) is 3.27. The highest BCUT2D eigenvalue weighted by Crippen LogP contribution is 2.16. The lowest BCUT2D eigenvalue weighted by molar-refractivity contribution is 0.0981. The zero-order valence-electron chi connectivity index (χ0n) is 13.4. The summed E-state index contributed by atoms with van der Waals surface area (Å²) in [6.45, 7) is 0. The number of ether oxygens (including phenoxy) is 1. The smallest absolute Gasteiger partial charge is 0.265 e. The van der Waals surface area contributed by atoms with Crippen LogP contribution in [0.15, 0.2) is 58.3 Å². The largest absolute Gasteiger partial charge is 0.497 e. The molecule has 0 aliphatic carbocycles. The zero-order chi connectivity index (χ0) is 18.7. The number of amides is 1. The minimum atomic E-state index is -4.11. The van der Waals surface area contributed by atoms with Crippen LogP contribution < -0.4 is 14.2 Å². The van der Waals surface area contributed by atoms with Crippen molar-refractivity contribution in [2.45, 2.75) is 9.79 Å². The summed E-state index contributed by atoms with van der Waals surface area (Å²) in [5.41, 5.74) is -0.103. The van der Waals surface area contributed by atoms with Gasteiger partial charge in [-0.05, 0) is 49.5 Å². The molecule has 0 heterocycles. The van der Waals surface area contributed by atoms with E-state index < -0.39 is 26.0 Å². The molecule has 0 aliphatic rings. The van der Waals surface area contributed by atoms with Gasteiger partial charge in [0.05, 0.1) is 16.9 Å². The molecule has 0 atom stereocenters. The van der Waals surface area contributed by atoms with E-state index in [4.69, 9.17) is 4.74 Å². The molecule has 0 aromatic heterocycles. The number of rotatable bonds is 6. The third kappa shape index (κ3) is 4.35. The fraction of sp³-hybridized carbons (Fsp3) is 0.133. The molecular formula is C15H16N2O6S2. The highest BCUT2D eigenvalue weighted by molar-refractivity contribution is 7.90. The van der Waals surface area contributed by atoms with Crippen molar-refractivity contribution in [2.24, 2.45) is 0 Å². The number of carbonyl (C=O) groups excluding carboxylic acids is 1. The van der Waals surface area contributed by atoms with E-state index in [1.54, 1.807) is 0 Å². The van der Waals surface area contributed by atoms with Crippen LogP contribution in [0.4, 0.5) is 0 Å². The molecule has 0 spiro atoms. The van der Waals surface area contributed by atoms with Crippen LogP contribution in [0.5, 0.6) is 5.75 Å². The molecule has 0 saturated carbocycles. The van der Waals surface area contributed by atoms with E-state index in [-0.39, 0.29) is 15.4 Å². The van der Waals surface area contributed by atoms with Gasteiger partial charge in [-0.1, -0.05) is 6.07 Å². The van der Waals surface area contributed by atoms with E-state index in [9.17, 15) is 21.6 Å². The first-order chi connectivity index (χ1) is 11.7. The standard InChI is InChI=1S/C15H16N2O6S2/c1-16-24(19,20)14-5-3-4-11(10-14)15(18)17-25(21,22)13-8-6-12(23-2)7-9-13/h3-10,16H,1-2H3,(H,17,18). The lowest BCUT2D eigenvalue weighted by Gasteiger charge is -2.09. The van der Waals surface area contributed by atoms with Crippen LogP contribution >= 0.6 is 0 Å². The highest BCUT2D eigenvalue weighted by atomic mass is 32.2. The zero-order valence-corrected chi connectivity index (χ0v) is 15.0. The molecule has 8 nitrogen and oxygen atoms in total. The Hall–Kier alpha value is -2.43. The molecular weight excluding hydrogens is 368 g/mol. The topological polar surface area (TPSA) is 119 Å². The number of nitrogens with one attached hydrogen (secondary N) is 2. The Balaban J connectivity index is 2.28. The maximum absolute atomic E-state index is 12.3. The van der Waals surface area contributed by atoms with Crippen molar-refractivity contribution in [2.75, 3.05) is 14.2 Å². The Morgan fingerprint density at radius 2 is 1.56 bits per heavy atom. The average molecular weight is 384 g/mol. The second-order valence-corrected chi connectivity index (χ2v) is 8.41. The van der Waals surface area contributed by atoms with E-state index in [0.717, 1.165) is 6.07 Å². The van der Waals surface area contributed by atoms with E-state index in [2.05, 4.69) is 4.72 Å². The highest BCUT2D eigenvalue weighted by Gasteiger charge is 2.20. The van der Waals surface area contributed by atoms with E-state index in [1.165, 1.54) is 56.6 Å². The summed E-state index contributed by atoms with van der Waals surface area (Å²) in [7, 11) is -5.18. The van der Waals surface area contributed by atoms with Gasteiger partial charge in [0.2, 0.25) is 10.0 Å². The summed E-state index contributed by atoms with van der Waals surface area (Å²) in [5.74, 6) is -0.473. The summed E-state index contributed by atoms with van der Waals surface area (Å²) in [4.78, 5) is 11.9. The SMILES string of the molecule is CNS(=O)(=O)c1cccc(C(=O)NS(=O)(=O)c2ccc(OC)cc2)c1. The predicted molar refractivity (Wildman–Crippen MR) is 90.3 cm³/mol. The second kappa shape index (κ2) is 7.21. The maximum Gasteiger partial charge on any atom is 0.265 e. The molecule has 134 valence electrons. The molecule has 2 aromatic rings. The third-order valence-corrected chi connectivity index (χ3v) is 6.03. The molecule has 1 amide bonds. The van der Waals surface area contributed by atoms with Crippen molar-refractivity contribution < 1.29 is 26.4 Å². The van der Waals surface area contributed by atoms with Gasteiger partial charge in [0, 0.05) is 5.56 Å². The Bertz CT molecular complexity index is 983. The number of benzene rings is 2. The van der Waals surface area contributed by atoms with Crippen molar-refractivity contribution in [1.82, 2.24) is 9.44 Å². The fourth-order valence-electron chi connectivity index (χ4n) is 1.92. The summed E-state index contributed by atoms with van der Waals surface area (Å²) >= 11 is 0. The Morgan fingerprint density at radius 1 is 0.920 bits per heavy atom. The summed E-state index contributed by atoms with van der Waals surface area (Å²) < 4.78 is 57.0.